The molecule has 2 aromatic rings. The lowest BCUT2D eigenvalue weighted by atomic mass is 10.2. The predicted octanol–water partition coefficient (Wildman–Crippen LogP) is 7.06. The molecule has 0 aromatic carbocycles. The zero-order valence-corrected chi connectivity index (χ0v) is 36.6. The van der Waals surface area contributed by atoms with Gasteiger partial charge in [-0.1, -0.05) is 23.2 Å². The maximum Gasteiger partial charge on any atom is 0.288 e. The van der Waals surface area contributed by atoms with Gasteiger partial charge in [-0.05, 0) is 130 Å². The van der Waals surface area contributed by atoms with Crippen molar-refractivity contribution in [1.82, 2.24) is 28.4 Å². The lowest BCUT2D eigenvalue weighted by molar-refractivity contribution is 0.128. The van der Waals surface area contributed by atoms with Crippen LogP contribution in [0.15, 0.2) is 31.2 Å². The van der Waals surface area contributed by atoms with Crippen molar-refractivity contribution in [3.8, 4) is 6.07 Å². The van der Waals surface area contributed by atoms with Crippen molar-refractivity contribution < 1.29 is 18.9 Å². The van der Waals surface area contributed by atoms with Crippen LogP contribution in [-0.4, -0.2) is 97.0 Å². The minimum atomic E-state index is -0.306. The molecule has 4 fully saturated rings. The summed E-state index contributed by atoms with van der Waals surface area (Å²) in [5, 5.41) is 8.58. The number of hydrogen-bond acceptors (Lipinski definition) is 11. The van der Waals surface area contributed by atoms with Crippen LogP contribution < -0.4 is 16.0 Å². The third kappa shape index (κ3) is 15.9. The highest BCUT2D eigenvalue weighted by atomic mass is 79.9. The van der Waals surface area contributed by atoms with Crippen molar-refractivity contribution in [2.75, 3.05) is 61.4 Å². The largest absolute Gasteiger partial charge is 0.383 e. The van der Waals surface area contributed by atoms with E-state index in [9.17, 15) is 9.59 Å². The summed E-state index contributed by atoms with van der Waals surface area (Å²) in [7, 11) is 6.63. The first kappa shape index (κ1) is 46.5. The average molecular weight is 953 g/mol. The third-order valence-electron chi connectivity index (χ3n) is 9.21. The van der Waals surface area contributed by atoms with Crippen molar-refractivity contribution in [3.05, 3.63) is 52.6 Å². The molecular weight excluding hydrogens is 904 g/mol. The molecule has 0 spiro atoms. The Balaban J connectivity index is 0.000000195. The van der Waals surface area contributed by atoms with Crippen LogP contribution in [0.3, 0.4) is 0 Å². The molecule has 4 atom stereocenters. The number of ether oxygens (including phenoxy) is 4. The van der Waals surface area contributed by atoms with Crippen LogP contribution in [0.1, 0.15) is 63.5 Å². The molecular formula is C34H49Br2Cl4N7O6. The smallest absolute Gasteiger partial charge is 0.288 e. The minimum absolute atomic E-state index is 0.00972. The van der Waals surface area contributed by atoms with Crippen LogP contribution in [0.2, 0.25) is 10.3 Å². The predicted molar refractivity (Wildman–Crippen MR) is 214 cm³/mol. The summed E-state index contributed by atoms with van der Waals surface area (Å²) in [6, 6.07) is 2.75. The van der Waals surface area contributed by atoms with Gasteiger partial charge in [0.25, 0.3) is 11.1 Å². The van der Waals surface area contributed by atoms with Gasteiger partial charge in [-0.3, -0.25) is 9.59 Å². The van der Waals surface area contributed by atoms with Gasteiger partial charge in [-0.25, -0.2) is 19.2 Å². The Morgan fingerprint density at radius 2 is 1.30 bits per heavy atom. The second kappa shape index (κ2) is 24.0. The van der Waals surface area contributed by atoms with Gasteiger partial charge in [0.15, 0.2) is 9.76 Å². The maximum atomic E-state index is 11.9. The molecule has 1 N–H and O–H groups in total. The van der Waals surface area contributed by atoms with Crippen LogP contribution in [-0.2, 0) is 18.9 Å². The summed E-state index contributed by atoms with van der Waals surface area (Å²) in [5.74, 6) is 2.43. The number of rotatable bonds is 17. The molecule has 19 heteroatoms. The number of aromatic nitrogens is 4. The molecule has 0 aliphatic heterocycles. The Morgan fingerprint density at radius 1 is 0.811 bits per heavy atom. The van der Waals surface area contributed by atoms with Gasteiger partial charge in [0.1, 0.15) is 16.3 Å². The molecule has 2 heterocycles. The van der Waals surface area contributed by atoms with Gasteiger partial charge in [0.05, 0.1) is 50.6 Å². The molecule has 0 amide bonds. The fourth-order valence-corrected chi connectivity index (χ4v) is 7.76. The minimum Gasteiger partial charge on any atom is -0.383 e. The van der Waals surface area contributed by atoms with Crippen molar-refractivity contribution in [2.45, 2.75) is 75.5 Å². The second-order valence-corrected chi connectivity index (χ2v) is 16.4. The number of nitrogens with zero attached hydrogens (tertiary/aromatic N) is 6. The van der Waals surface area contributed by atoms with Crippen molar-refractivity contribution in [3.63, 3.8) is 0 Å². The molecule has 4 aliphatic rings. The molecule has 4 saturated carbocycles. The quantitative estimate of drug-likeness (QED) is 0.129. The number of nitriles is 1. The van der Waals surface area contributed by atoms with E-state index in [4.69, 9.17) is 71.0 Å². The zero-order chi connectivity index (χ0) is 39.1. The van der Waals surface area contributed by atoms with E-state index in [0.717, 1.165) is 38.2 Å². The summed E-state index contributed by atoms with van der Waals surface area (Å²) in [5.41, 5.74) is -0.405. The van der Waals surface area contributed by atoms with Crippen molar-refractivity contribution in [2.24, 2.45) is 23.7 Å². The Kier molecular flexibility index (Phi) is 21.1. The van der Waals surface area contributed by atoms with Gasteiger partial charge < -0.3 is 28.1 Å². The van der Waals surface area contributed by atoms with Crippen molar-refractivity contribution in [1.29, 1.82) is 5.26 Å². The first-order valence-electron chi connectivity index (χ1n) is 17.4. The zero-order valence-electron chi connectivity index (χ0n) is 30.4. The first-order chi connectivity index (χ1) is 25.4. The SMILES string of the molecule is COC[C@@H](NCl)C1CC1.COC[C@H](C1CC1)N(Cl)CC#N.COC[C@H](C1CC1)n1cc(Br)nc(Br)c1=O.COC[C@H](C1CC1)n1cc(Cl)nc(Cl)c1=O. The highest BCUT2D eigenvalue weighted by molar-refractivity contribution is 9.11. The van der Waals surface area contributed by atoms with Crippen LogP contribution >= 0.6 is 78.6 Å². The van der Waals surface area contributed by atoms with E-state index in [2.05, 4.69) is 46.7 Å². The number of halogens is 6. The van der Waals surface area contributed by atoms with E-state index in [1.807, 2.05) is 6.07 Å². The molecule has 0 saturated heterocycles. The highest BCUT2D eigenvalue weighted by Crippen LogP contribution is 2.40. The summed E-state index contributed by atoms with van der Waals surface area (Å²) >= 11 is 29.3. The lowest BCUT2D eigenvalue weighted by Gasteiger charge is -2.21. The Morgan fingerprint density at radius 3 is 1.74 bits per heavy atom. The molecule has 0 bridgehead atoms. The molecule has 6 rings (SSSR count). The standard InChI is InChI=1S/C10H12Br2N2O2.C10H12Cl2N2O2.C8H13ClN2O.C6H12ClNO/c2*1-16-5-7(6-2-3-6)14-4-8(11)13-9(12)10(14)15;1-12-6-8(7-2-3-7)11(9)5-4-10;1-9-4-6(8-7)5-2-3-5/h2*4,6-7H,2-3,5H2,1H3;7-8H,2-3,5-6H2,1H3;5-6,8H,2-4H2,1H3/t2*7-;8-;6-/m1111/s1. The molecule has 2 aromatic heterocycles. The van der Waals surface area contributed by atoms with E-state index in [0.29, 0.717) is 52.8 Å². The van der Waals surface area contributed by atoms with E-state index in [-0.39, 0.29) is 46.1 Å². The molecule has 0 unspecified atom stereocenters. The van der Waals surface area contributed by atoms with E-state index in [1.54, 1.807) is 48.2 Å². The summed E-state index contributed by atoms with van der Waals surface area (Å²) < 4.78 is 26.1. The van der Waals surface area contributed by atoms with E-state index >= 15 is 0 Å². The number of methoxy groups -OCH3 is 4. The monoisotopic (exact) mass is 949 g/mol. The average Bonchev–Trinajstić information content (AvgIpc) is 3.95. The molecule has 13 nitrogen and oxygen atoms in total. The lowest BCUT2D eigenvalue weighted by Crippen LogP contribution is -2.33. The topological polar surface area (TPSA) is 146 Å². The van der Waals surface area contributed by atoms with Gasteiger partial charge in [0.2, 0.25) is 0 Å². The van der Waals surface area contributed by atoms with Crippen LogP contribution in [0, 0.1) is 35.0 Å². The summed E-state index contributed by atoms with van der Waals surface area (Å²) in [4.78, 5) is 34.2. The van der Waals surface area contributed by atoms with Crippen molar-refractivity contribution >= 4 is 78.6 Å². The normalized spacial score (nSPS) is 18.6. The fourth-order valence-electron chi connectivity index (χ4n) is 5.80. The van der Waals surface area contributed by atoms with Gasteiger partial charge >= 0.3 is 0 Å². The Bertz CT molecular complexity index is 1490. The maximum absolute atomic E-state index is 11.9. The van der Waals surface area contributed by atoms with Gasteiger partial charge in [-0.2, -0.15) is 5.26 Å². The van der Waals surface area contributed by atoms with E-state index < -0.39 is 0 Å². The van der Waals surface area contributed by atoms with Crippen LogP contribution in [0.25, 0.3) is 0 Å². The Labute approximate surface area is 348 Å². The van der Waals surface area contributed by atoms with Crippen LogP contribution in [0.5, 0.6) is 0 Å². The van der Waals surface area contributed by atoms with E-state index in [1.165, 1.54) is 31.9 Å². The number of hydrogen-bond donors (Lipinski definition) is 1. The molecule has 298 valence electrons. The van der Waals surface area contributed by atoms with Gasteiger partial charge in [0, 0.05) is 46.9 Å². The molecule has 4 aliphatic carbocycles. The Hall–Kier alpha value is -0.870. The number of nitrogens with one attached hydrogen (secondary N) is 1. The molecule has 0 radical (unpaired) electrons. The highest BCUT2D eigenvalue weighted by Gasteiger charge is 2.36. The summed E-state index contributed by atoms with van der Waals surface area (Å²) in [6.07, 6.45) is 12.8. The molecule has 53 heavy (non-hydrogen) atoms. The van der Waals surface area contributed by atoms with Crippen LogP contribution in [0.4, 0.5) is 0 Å². The first-order valence-corrected chi connectivity index (χ1v) is 20.5. The fraction of sp³-hybridized carbons (Fsp3) is 0.735. The van der Waals surface area contributed by atoms with Gasteiger partial charge in [-0.15, -0.1) is 0 Å². The second-order valence-electron chi connectivity index (χ2n) is 13.4. The third-order valence-corrected chi connectivity index (χ3v) is 11.2. The summed E-state index contributed by atoms with van der Waals surface area (Å²) in [6.45, 7) is 2.67.